The monoisotopic (exact) mass is 206 g/mol. The van der Waals surface area contributed by atoms with Crippen molar-refractivity contribution in [3.05, 3.63) is 36.8 Å². The Morgan fingerprint density at radius 1 is 1.47 bits per heavy atom. The van der Waals surface area contributed by atoms with Crippen molar-refractivity contribution in [1.29, 1.82) is 0 Å². The highest BCUT2D eigenvalue weighted by atomic mass is 16.2. The van der Waals surface area contributed by atoms with Crippen molar-refractivity contribution in [2.45, 2.75) is 0 Å². The zero-order chi connectivity index (χ0) is 11.3. The SMILES string of the molecule is [CH2]c1cccc(NC(=O)CNN(C)C)c1. The minimum absolute atomic E-state index is 0.0747. The molecule has 0 aliphatic heterocycles. The van der Waals surface area contributed by atoms with Crippen LogP contribution in [0, 0.1) is 6.92 Å². The van der Waals surface area contributed by atoms with Gasteiger partial charge >= 0.3 is 0 Å². The number of benzene rings is 1. The Labute approximate surface area is 90.2 Å². The van der Waals surface area contributed by atoms with Crippen molar-refractivity contribution in [2.75, 3.05) is 26.0 Å². The standard InChI is InChI=1S/C11H16N3O/c1-9-5-4-6-10(7-9)13-11(15)8-12-14(2)3/h4-7,12H,1,8H2,2-3H3,(H,13,15). The van der Waals surface area contributed by atoms with Crippen LogP contribution in [0.1, 0.15) is 5.56 Å². The van der Waals surface area contributed by atoms with Gasteiger partial charge in [-0.3, -0.25) is 9.80 Å². The zero-order valence-electron chi connectivity index (χ0n) is 9.08. The van der Waals surface area contributed by atoms with E-state index in [1.165, 1.54) is 0 Å². The predicted molar refractivity (Wildman–Crippen MR) is 61.2 cm³/mol. The molecule has 0 saturated carbocycles. The van der Waals surface area contributed by atoms with Crippen LogP contribution in [0.3, 0.4) is 0 Å². The molecular weight excluding hydrogens is 190 g/mol. The molecule has 81 valence electrons. The molecule has 0 bridgehead atoms. The number of anilines is 1. The number of nitrogens with zero attached hydrogens (tertiary/aromatic N) is 1. The summed E-state index contributed by atoms with van der Waals surface area (Å²) in [5.74, 6) is -0.0747. The Bertz CT molecular complexity index is 336. The molecule has 1 rings (SSSR count). The lowest BCUT2D eigenvalue weighted by atomic mass is 10.2. The number of rotatable bonds is 4. The van der Waals surface area contributed by atoms with Crippen molar-refractivity contribution < 1.29 is 4.79 Å². The lowest BCUT2D eigenvalue weighted by molar-refractivity contribution is -0.116. The van der Waals surface area contributed by atoms with Crippen LogP contribution in [0.2, 0.25) is 0 Å². The third-order valence-corrected chi connectivity index (χ3v) is 1.77. The third-order valence-electron chi connectivity index (χ3n) is 1.77. The van der Waals surface area contributed by atoms with Crippen LogP contribution < -0.4 is 10.7 Å². The first-order valence-corrected chi connectivity index (χ1v) is 4.70. The van der Waals surface area contributed by atoms with E-state index in [9.17, 15) is 4.79 Å². The second-order valence-corrected chi connectivity index (χ2v) is 3.48. The average molecular weight is 206 g/mol. The van der Waals surface area contributed by atoms with Crippen LogP contribution >= 0.6 is 0 Å². The van der Waals surface area contributed by atoms with Crippen LogP contribution in [-0.2, 0) is 4.79 Å². The molecule has 0 unspecified atom stereocenters. The maximum atomic E-state index is 11.4. The largest absolute Gasteiger partial charge is 0.325 e. The highest BCUT2D eigenvalue weighted by Gasteiger charge is 2.01. The first kappa shape index (κ1) is 11.7. The topological polar surface area (TPSA) is 44.4 Å². The van der Waals surface area contributed by atoms with Gasteiger partial charge in [-0.1, -0.05) is 12.1 Å². The lowest BCUT2D eigenvalue weighted by Gasteiger charge is -2.11. The summed E-state index contributed by atoms with van der Waals surface area (Å²) in [5.41, 5.74) is 4.54. The van der Waals surface area contributed by atoms with Gasteiger partial charge in [-0.05, 0) is 24.6 Å². The molecule has 15 heavy (non-hydrogen) atoms. The first-order valence-electron chi connectivity index (χ1n) is 4.70. The van der Waals surface area contributed by atoms with Crippen LogP contribution in [0.25, 0.3) is 0 Å². The fourth-order valence-electron chi connectivity index (χ4n) is 1.08. The van der Waals surface area contributed by atoms with Crippen LogP contribution in [-0.4, -0.2) is 31.6 Å². The molecule has 4 nitrogen and oxygen atoms in total. The molecule has 1 aromatic carbocycles. The van der Waals surface area contributed by atoms with Crippen molar-refractivity contribution >= 4 is 11.6 Å². The smallest absolute Gasteiger partial charge is 0.239 e. The van der Waals surface area contributed by atoms with E-state index in [0.717, 1.165) is 11.3 Å². The molecule has 0 aliphatic rings. The highest BCUT2D eigenvalue weighted by molar-refractivity contribution is 5.92. The summed E-state index contributed by atoms with van der Waals surface area (Å²) in [5, 5.41) is 4.50. The molecule has 0 aromatic heterocycles. The van der Waals surface area contributed by atoms with E-state index >= 15 is 0 Å². The molecule has 0 atom stereocenters. The summed E-state index contributed by atoms with van der Waals surface area (Å²) < 4.78 is 0. The molecular formula is C11H16N3O. The van der Waals surface area contributed by atoms with Gasteiger partial charge in [0, 0.05) is 19.8 Å². The minimum Gasteiger partial charge on any atom is -0.325 e. The molecule has 0 spiro atoms. The molecule has 0 saturated heterocycles. The van der Waals surface area contributed by atoms with Gasteiger partial charge in [-0.25, -0.2) is 5.43 Å². The summed E-state index contributed by atoms with van der Waals surface area (Å²) in [6.45, 7) is 4.05. The van der Waals surface area contributed by atoms with E-state index < -0.39 is 0 Å². The van der Waals surface area contributed by atoms with Gasteiger partial charge in [0.1, 0.15) is 0 Å². The number of hydrogen-bond acceptors (Lipinski definition) is 3. The van der Waals surface area contributed by atoms with Crippen LogP contribution in [0.4, 0.5) is 5.69 Å². The van der Waals surface area contributed by atoms with E-state index in [1.54, 1.807) is 5.01 Å². The van der Waals surface area contributed by atoms with E-state index in [2.05, 4.69) is 17.7 Å². The fourth-order valence-corrected chi connectivity index (χ4v) is 1.08. The maximum Gasteiger partial charge on any atom is 0.239 e. The Morgan fingerprint density at radius 3 is 2.80 bits per heavy atom. The van der Waals surface area contributed by atoms with Gasteiger partial charge in [-0.2, -0.15) is 0 Å². The van der Waals surface area contributed by atoms with Crippen molar-refractivity contribution in [1.82, 2.24) is 10.4 Å². The van der Waals surface area contributed by atoms with Gasteiger partial charge < -0.3 is 5.32 Å². The molecule has 0 aliphatic carbocycles. The normalized spacial score (nSPS) is 10.4. The predicted octanol–water partition coefficient (Wildman–Crippen LogP) is 0.873. The summed E-state index contributed by atoms with van der Waals surface area (Å²) in [6, 6.07) is 7.40. The van der Waals surface area contributed by atoms with Gasteiger partial charge in [-0.15, -0.1) is 0 Å². The maximum absolute atomic E-state index is 11.4. The number of hydrazine groups is 1. The summed E-state index contributed by atoms with van der Waals surface area (Å²) in [6.07, 6.45) is 0. The lowest BCUT2D eigenvalue weighted by Crippen LogP contribution is -2.37. The number of amides is 1. The molecule has 1 aromatic rings. The molecule has 0 heterocycles. The highest BCUT2D eigenvalue weighted by Crippen LogP contribution is 2.08. The minimum atomic E-state index is -0.0747. The number of carbonyl (C=O) groups is 1. The van der Waals surface area contributed by atoms with Gasteiger partial charge in [0.2, 0.25) is 5.91 Å². The summed E-state index contributed by atoms with van der Waals surface area (Å²) >= 11 is 0. The van der Waals surface area contributed by atoms with Crippen molar-refractivity contribution in [2.24, 2.45) is 0 Å². The van der Waals surface area contributed by atoms with Crippen molar-refractivity contribution in [3.8, 4) is 0 Å². The Hall–Kier alpha value is -1.39. The van der Waals surface area contributed by atoms with E-state index in [0.29, 0.717) is 0 Å². The molecule has 2 N–H and O–H groups in total. The molecule has 4 heteroatoms. The van der Waals surface area contributed by atoms with Gasteiger partial charge in [0.05, 0.1) is 6.54 Å². The zero-order valence-corrected chi connectivity index (χ0v) is 9.08. The Kier molecular flexibility index (Phi) is 4.27. The van der Waals surface area contributed by atoms with Crippen LogP contribution in [0.5, 0.6) is 0 Å². The molecule has 0 fully saturated rings. The number of carbonyl (C=O) groups excluding carboxylic acids is 1. The average Bonchev–Trinajstić information content (AvgIpc) is 2.15. The van der Waals surface area contributed by atoms with E-state index in [4.69, 9.17) is 0 Å². The summed E-state index contributed by atoms with van der Waals surface area (Å²) in [7, 11) is 3.67. The Balaban J connectivity index is 2.44. The quantitative estimate of drug-likeness (QED) is 0.719. The van der Waals surface area contributed by atoms with Crippen LogP contribution in [0.15, 0.2) is 24.3 Å². The van der Waals surface area contributed by atoms with Gasteiger partial charge in [0.15, 0.2) is 0 Å². The second-order valence-electron chi connectivity index (χ2n) is 3.48. The molecule has 1 radical (unpaired) electrons. The number of hydrogen-bond donors (Lipinski definition) is 2. The number of nitrogens with one attached hydrogen (secondary N) is 2. The van der Waals surface area contributed by atoms with Crippen molar-refractivity contribution in [3.63, 3.8) is 0 Å². The Morgan fingerprint density at radius 2 is 2.20 bits per heavy atom. The second kappa shape index (κ2) is 5.48. The third kappa shape index (κ3) is 4.58. The summed E-state index contributed by atoms with van der Waals surface area (Å²) in [4.78, 5) is 11.4. The van der Waals surface area contributed by atoms with E-state index in [-0.39, 0.29) is 12.5 Å². The van der Waals surface area contributed by atoms with E-state index in [1.807, 2.05) is 38.4 Å². The first-order chi connectivity index (χ1) is 7.08. The fraction of sp³-hybridized carbons (Fsp3) is 0.273. The van der Waals surface area contributed by atoms with Gasteiger partial charge in [0.25, 0.3) is 0 Å². The molecule has 1 amide bonds.